The Labute approximate surface area is 221 Å². The van der Waals surface area contributed by atoms with Gasteiger partial charge in [0.2, 0.25) is 0 Å². The van der Waals surface area contributed by atoms with Crippen LogP contribution in [0.4, 0.5) is 10.2 Å². The molecule has 0 aliphatic carbocycles. The van der Waals surface area contributed by atoms with Crippen LogP contribution in [-0.2, 0) is 14.3 Å². The molecule has 11 heteroatoms. The van der Waals surface area contributed by atoms with Crippen molar-refractivity contribution >= 4 is 22.7 Å². The fourth-order valence-electron chi connectivity index (χ4n) is 5.45. The molecule has 2 unspecified atom stereocenters. The Kier molecular flexibility index (Phi) is 7.75. The molecule has 2 saturated heterocycles. The van der Waals surface area contributed by atoms with E-state index in [1.807, 2.05) is 24.0 Å². The number of rotatable bonds is 7. The Morgan fingerprint density at radius 2 is 2.03 bits per heavy atom. The molecular weight excluding hydrogens is 491 g/mol. The molecule has 2 fully saturated rings. The van der Waals surface area contributed by atoms with Crippen LogP contribution in [0.15, 0.2) is 24.4 Å². The van der Waals surface area contributed by atoms with Gasteiger partial charge in [-0.25, -0.2) is 9.07 Å². The number of methoxy groups -OCH3 is 1. The number of aryl methyl sites for hydroxylation is 1. The second-order valence-corrected chi connectivity index (χ2v) is 9.96. The predicted molar refractivity (Wildman–Crippen MR) is 141 cm³/mol. The van der Waals surface area contributed by atoms with E-state index in [4.69, 9.17) is 14.2 Å². The van der Waals surface area contributed by atoms with Crippen molar-refractivity contribution < 1.29 is 23.4 Å². The third kappa shape index (κ3) is 5.30. The zero-order chi connectivity index (χ0) is 26.8. The maximum absolute atomic E-state index is 15.5. The molecule has 0 saturated carbocycles. The van der Waals surface area contributed by atoms with Crippen molar-refractivity contribution in [2.24, 2.45) is 0 Å². The number of nitrogens with zero attached hydrogens (tertiary/aromatic N) is 6. The molecular formula is C27H35FN6O4. The number of fused-ring (bicyclic) bond motifs is 1. The minimum absolute atomic E-state index is 0.116. The number of ether oxygens (including phenoxy) is 3. The van der Waals surface area contributed by atoms with Gasteiger partial charge in [0.25, 0.3) is 0 Å². The second kappa shape index (κ2) is 11.2. The van der Waals surface area contributed by atoms with E-state index in [0.29, 0.717) is 38.6 Å². The summed E-state index contributed by atoms with van der Waals surface area (Å²) in [5.41, 5.74) is 2.81. The molecule has 2 aliphatic heterocycles. The van der Waals surface area contributed by atoms with Gasteiger partial charge < -0.3 is 19.1 Å². The Hall–Kier alpha value is -3.31. The summed E-state index contributed by atoms with van der Waals surface area (Å²) in [6.07, 6.45) is 1.31. The highest BCUT2D eigenvalue weighted by Gasteiger charge is 2.33. The first-order chi connectivity index (χ1) is 18.4. The fourth-order valence-corrected chi connectivity index (χ4v) is 5.45. The summed E-state index contributed by atoms with van der Waals surface area (Å²) in [5.74, 6) is 0.740. The Morgan fingerprint density at radius 1 is 1.21 bits per heavy atom. The lowest BCUT2D eigenvalue weighted by molar-refractivity contribution is -0.145. The van der Waals surface area contributed by atoms with E-state index in [0.717, 1.165) is 34.4 Å². The van der Waals surface area contributed by atoms with Gasteiger partial charge in [-0.1, -0.05) is 0 Å². The van der Waals surface area contributed by atoms with Crippen molar-refractivity contribution in [3.05, 3.63) is 35.5 Å². The number of hydrogen-bond donors (Lipinski definition) is 0. The van der Waals surface area contributed by atoms with Gasteiger partial charge in [0.05, 0.1) is 51.2 Å². The van der Waals surface area contributed by atoms with Crippen LogP contribution in [0, 0.1) is 6.92 Å². The summed E-state index contributed by atoms with van der Waals surface area (Å²) in [6, 6.07) is 6.40. The largest absolute Gasteiger partial charge is 0.467 e. The van der Waals surface area contributed by atoms with E-state index in [2.05, 4.69) is 33.0 Å². The molecule has 2 aromatic heterocycles. The fraction of sp³-hybridized carbons (Fsp3) is 0.556. The van der Waals surface area contributed by atoms with Crippen LogP contribution < -0.4 is 9.64 Å². The first-order valence-corrected chi connectivity index (χ1v) is 13.2. The minimum atomic E-state index is -1.10. The normalized spacial score (nSPS) is 22.6. The SMILES string of the molecule is CCOC(=O)CN1CCC(c2cc3c(cnn3-c3cc(N4CCOC[C@H]4C)nc(OC)n3)cc2C)C(F)C1. The maximum Gasteiger partial charge on any atom is 0.320 e. The monoisotopic (exact) mass is 526 g/mol. The number of alkyl halides is 1. The first kappa shape index (κ1) is 26.3. The van der Waals surface area contributed by atoms with Gasteiger partial charge in [0.15, 0.2) is 5.82 Å². The number of aromatic nitrogens is 4. The Morgan fingerprint density at radius 3 is 2.76 bits per heavy atom. The summed E-state index contributed by atoms with van der Waals surface area (Å²) in [4.78, 5) is 25.0. The van der Waals surface area contributed by atoms with E-state index in [1.54, 1.807) is 24.9 Å². The molecule has 4 heterocycles. The van der Waals surface area contributed by atoms with Crippen LogP contribution >= 0.6 is 0 Å². The standard InChI is InChI=1S/C27H35FN6O4/c1-5-38-26(35)15-32-7-6-20(22(28)14-32)21-11-23-19(10-17(21)2)13-29-34(23)25-12-24(30-27(31-25)36-4)33-8-9-37-16-18(33)3/h10-13,18,20,22H,5-9,14-16H2,1-4H3/t18-,20?,22?/m1/s1. The van der Waals surface area contributed by atoms with Gasteiger partial charge >= 0.3 is 12.0 Å². The van der Waals surface area contributed by atoms with Gasteiger partial charge in [-0.3, -0.25) is 9.69 Å². The van der Waals surface area contributed by atoms with Crippen molar-refractivity contribution in [2.45, 2.75) is 45.3 Å². The van der Waals surface area contributed by atoms with Gasteiger partial charge in [-0.05, 0) is 57.0 Å². The second-order valence-electron chi connectivity index (χ2n) is 9.96. The third-order valence-corrected chi connectivity index (χ3v) is 7.38. The van der Waals surface area contributed by atoms with Crippen molar-refractivity contribution in [3.63, 3.8) is 0 Å². The highest BCUT2D eigenvalue weighted by atomic mass is 19.1. The number of esters is 1. The molecule has 0 N–H and O–H groups in total. The molecule has 1 aromatic carbocycles. The predicted octanol–water partition coefficient (Wildman–Crippen LogP) is 3.05. The van der Waals surface area contributed by atoms with E-state index >= 15 is 4.39 Å². The van der Waals surface area contributed by atoms with E-state index < -0.39 is 6.17 Å². The average Bonchev–Trinajstić information content (AvgIpc) is 3.31. The number of likely N-dealkylation sites (tertiary alicyclic amines) is 1. The van der Waals surface area contributed by atoms with E-state index in [1.165, 1.54) is 0 Å². The summed E-state index contributed by atoms with van der Waals surface area (Å²) < 4.78 is 33.3. The molecule has 5 rings (SSSR count). The number of anilines is 1. The highest BCUT2D eigenvalue weighted by Crippen LogP contribution is 2.35. The number of carbonyl (C=O) groups is 1. The zero-order valence-corrected chi connectivity index (χ0v) is 22.4. The van der Waals surface area contributed by atoms with E-state index in [-0.39, 0.29) is 37.0 Å². The van der Waals surface area contributed by atoms with Crippen LogP contribution in [0.3, 0.4) is 0 Å². The highest BCUT2D eigenvalue weighted by molar-refractivity contribution is 5.82. The van der Waals surface area contributed by atoms with Crippen LogP contribution in [-0.4, -0.2) is 95.9 Å². The first-order valence-electron chi connectivity index (χ1n) is 13.2. The smallest absolute Gasteiger partial charge is 0.320 e. The quantitative estimate of drug-likeness (QED) is 0.431. The van der Waals surface area contributed by atoms with Crippen LogP contribution in [0.5, 0.6) is 6.01 Å². The minimum Gasteiger partial charge on any atom is -0.467 e. The third-order valence-electron chi connectivity index (χ3n) is 7.38. The van der Waals surface area contributed by atoms with Gasteiger partial charge in [0.1, 0.15) is 12.0 Å². The zero-order valence-electron chi connectivity index (χ0n) is 22.4. The number of morpholine rings is 1. The van der Waals surface area contributed by atoms with E-state index in [9.17, 15) is 4.79 Å². The number of benzene rings is 1. The molecule has 204 valence electrons. The summed E-state index contributed by atoms with van der Waals surface area (Å²) in [7, 11) is 1.55. The summed E-state index contributed by atoms with van der Waals surface area (Å²) >= 11 is 0. The molecule has 38 heavy (non-hydrogen) atoms. The number of halogens is 1. The lowest BCUT2D eigenvalue weighted by Gasteiger charge is -2.35. The lowest BCUT2D eigenvalue weighted by Crippen LogP contribution is -2.44. The van der Waals surface area contributed by atoms with Gasteiger partial charge in [-0.15, -0.1) is 0 Å². The number of piperidine rings is 1. The Balaban J connectivity index is 1.46. The average molecular weight is 527 g/mol. The summed E-state index contributed by atoms with van der Waals surface area (Å²) in [5, 5.41) is 5.57. The molecule has 10 nitrogen and oxygen atoms in total. The van der Waals surface area contributed by atoms with Crippen molar-refractivity contribution in [1.29, 1.82) is 0 Å². The lowest BCUT2D eigenvalue weighted by atomic mass is 9.85. The van der Waals surface area contributed by atoms with Crippen molar-refractivity contribution in [3.8, 4) is 11.8 Å². The molecule has 2 aliphatic rings. The van der Waals surface area contributed by atoms with Crippen molar-refractivity contribution in [2.75, 3.05) is 58.0 Å². The molecule has 0 amide bonds. The summed E-state index contributed by atoms with van der Waals surface area (Å²) in [6.45, 7) is 9.12. The number of hydrogen-bond acceptors (Lipinski definition) is 9. The Bertz CT molecular complexity index is 1300. The topological polar surface area (TPSA) is 94.8 Å². The molecule has 3 aromatic rings. The molecule has 0 bridgehead atoms. The van der Waals surface area contributed by atoms with Crippen LogP contribution in [0.2, 0.25) is 0 Å². The molecule has 0 radical (unpaired) electrons. The van der Waals surface area contributed by atoms with Gasteiger partial charge in [-0.2, -0.15) is 15.1 Å². The molecule has 3 atom stereocenters. The number of carbonyl (C=O) groups excluding carboxylic acids is 1. The van der Waals surface area contributed by atoms with Gasteiger partial charge in [0, 0.05) is 30.5 Å². The molecule has 0 spiro atoms. The maximum atomic E-state index is 15.5. The van der Waals surface area contributed by atoms with Crippen LogP contribution in [0.1, 0.15) is 37.3 Å². The van der Waals surface area contributed by atoms with Crippen LogP contribution in [0.25, 0.3) is 16.7 Å². The van der Waals surface area contributed by atoms with Crippen molar-refractivity contribution in [1.82, 2.24) is 24.6 Å².